The zero-order valence-electron chi connectivity index (χ0n) is 13.2. The van der Waals surface area contributed by atoms with Crippen molar-refractivity contribution >= 4 is 11.9 Å². The highest BCUT2D eigenvalue weighted by molar-refractivity contribution is 5.82. The molecule has 0 unspecified atom stereocenters. The lowest BCUT2D eigenvalue weighted by Gasteiger charge is -2.46. The lowest BCUT2D eigenvalue weighted by atomic mass is 9.79. The van der Waals surface area contributed by atoms with Crippen LogP contribution in [0.5, 0.6) is 0 Å². The predicted octanol–water partition coefficient (Wildman–Crippen LogP) is 1.04. The third kappa shape index (κ3) is 4.17. The molecule has 0 radical (unpaired) electrons. The Labute approximate surface area is 125 Å². The van der Waals surface area contributed by atoms with Crippen molar-refractivity contribution in [2.45, 2.75) is 82.7 Å². The minimum absolute atomic E-state index is 0.0418. The fraction of sp³-hybridized carbons (Fsp3) is 0.867. The van der Waals surface area contributed by atoms with E-state index in [0.29, 0.717) is 12.8 Å². The van der Waals surface area contributed by atoms with E-state index in [-0.39, 0.29) is 23.0 Å². The first kappa shape index (κ1) is 16.2. The Kier molecular flexibility index (Phi) is 4.31. The molecule has 0 saturated carbocycles. The highest BCUT2D eigenvalue weighted by atomic mass is 16.5. The van der Waals surface area contributed by atoms with Crippen LogP contribution in [-0.2, 0) is 14.3 Å². The molecule has 0 aromatic rings. The zero-order chi connectivity index (χ0) is 15.8. The van der Waals surface area contributed by atoms with E-state index in [1.165, 1.54) is 0 Å². The maximum atomic E-state index is 12.3. The summed E-state index contributed by atoms with van der Waals surface area (Å²) in [6.07, 6.45) is 1.08. The highest BCUT2D eigenvalue weighted by Crippen LogP contribution is 2.29. The molecule has 2 saturated heterocycles. The van der Waals surface area contributed by atoms with Crippen molar-refractivity contribution in [1.29, 1.82) is 0 Å². The van der Waals surface area contributed by atoms with E-state index in [4.69, 9.17) is 9.84 Å². The van der Waals surface area contributed by atoms with Gasteiger partial charge in [0.05, 0.1) is 0 Å². The first-order valence-corrected chi connectivity index (χ1v) is 7.56. The molecule has 6 heteroatoms. The molecule has 2 fully saturated rings. The SMILES string of the molecule is CC1(C)CC(NC(=O)[C@@H]2CC[C@H](C(=O)O)O2)CC(C)(C)N1. The van der Waals surface area contributed by atoms with Gasteiger partial charge in [0.25, 0.3) is 0 Å². The average molecular weight is 298 g/mol. The Morgan fingerprint density at radius 1 is 1.10 bits per heavy atom. The number of aliphatic carboxylic acids is 1. The van der Waals surface area contributed by atoms with Gasteiger partial charge in [0, 0.05) is 17.1 Å². The Hall–Kier alpha value is -1.14. The van der Waals surface area contributed by atoms with Gasteiger partial charge in [-0.2, -0.15) is 0 Å². The summed E-state index contributed by atoms with van der Waals surface area (Å²) in [5, 5.41) is 15.5. The molecule has 0 bridgehead atoms. The second-order valence-electron chi connectivity index (χ2n) is 7.54. The fourth-order valence-corrected chi connectivity index (χ4v) is 3.73. The van der Waals surface area contributed by atoms with Crippen LogP contribution >= 0.6 is 0 Å². The number of rotatable bonds is 3. The van der Waals surface area contributed by atoms with Crippen molar-refractivity contribution < 1.29 is 19.4 Å². The Morgan fingerprint density at radius 3 is 2.10 bits per heavy atom. The van der Waals surface area contributed by atoms with Gasteiger partial charge in [0.15, 0.2) is 6.10 Å². The Bertz CT molecular complexity index is 417. The van der Waals surface area contributed by atoms with Crippen molar-refractivity contribution in [1.82, 2.24) is 10.6 Å². The first-order valence-electron chi connectivity index (χ1n) is 7.56. The number of piperidine rings is 1. The summed E-state index contributed by atoms with van der Waals surface area (Å²) >= 11 is 0. The minimum atomic E-state index is -0.991. The predicted molar refractivity (Wildman–Crippen MR) is 78.0 cm³/mol. The van der Waals surface area contributed by atoms with Gasteiger partial charge in [-0.05, 0) is 53.4 Å². The molecule has 3 N–H and O–H groups in total. The Balaban J connectivity index is 1.92. The molecule has 0 aliphatic carbocycles. The van der Waals surface area contributed by atoms with Gasteiger partial charge in [0.2, 0.25) is 5.91 Å². The number of ether oxygens (including phenoxy) is 1. The van der Waals surface area contributed by atoms with Crippen LogP contribution in [0, 0.1) is 0 Å². The van der Waals surface area contributed by atoms with E-state index in [0.717, 1.165) is 12.8 Å². The summed E-state index contributed by atoms with van der Waals surface area (Å²) in [7, 11) is 0. The van der Waals surface area contributed by atoms with Crippen LogP contribution in [-0.4, -0.2) is 46.3 Å². The van der Waals surface area contributed by atoms with Gasteiger partial charge in [-0.1, -0.05) is 0 Å². The fourth-order valence-electron chi connectivity index (χ4n) is 3.73. The molecule has 2 aliphatic heterocycles. The van der Waals surface area contributed by atoms with Crippen molar-refractivity contribution in [3.8, 4) is 0 Å². The van der Waals surface area contributed by atoms with Crippen LogP contribution in [0.4, 0.5) is 0 Å². The van der Waals surface area contributed by atoms with Crippen molar-refractivity contribution in [3.05, 3.63) is 0 Å². The summed E-state index contributed by atoms with van der Waals surface area (Å²) in [5.74, 6) is -1.17. The number of carbonyl (C=O) groups is 2. The molecule has 0 spiro atoms. The summed E-state index contributed by atoms with van der Waals surface area (Å²) in [4.78, 5) is 23.1. The normalized spacial score (nSPS) is 31.8. The van der Waals surface area contributed by atoms with Gasteiger partial charge < -0.3 is 20.5 Å². The summed E-state index contributed by atoms with van der Waals surface area (Å²) in [5.41, 5.74) is -0.0837. The van der Waals surface area contributed by atoms with E-state index in [1.807, 2.05) is 0 Å². The summed E-state index contributed by atoms with van der Waals surface area (Å²) in [6, 6.07) is 0.0798. The van der Waals surface area contributed by atoms with Crippen LogP contribution in [0.3, 0.4) is 0 Å². The smallest absolute Gasteiger partial charge is 0.332 e. The van der Waals surface area contributed by atoms with E-state index < -0.39 is 18.2 Å². The maximum Gasteiger partial charge on any atom is 0.332 e. The molecule has 21 heavy (non-hydrogen) atoms. The molecular weight excluding hydrogens is 272 g/mol. The van der Waals surface area contributed by atoms with E-state index >= 15 is 0 Å². The number of hydrogen-bond acceptors (Lipinski definition) is 4. The number of amides is 1. The Morgan fingerprint density at radius 2 is 1.62 bits per heavy atom. The number of nitrogens with one attached hydrogen (secondary N) is 2. The van der Waals surface area contributed by atoms with Crippen molar-refractivity contribution in [2.75, 3.05) is 0 Å². The monoisotopic (exact) mass is 298 g/mol. The molecule has 120 valence electrons. The third-order valence-electron chi connectivity index (χ3n) is 4.12. The van der Waals surface area contributed by atoms with Crippen LogP contribution < -0.4 is 10.6 Å². The molecular formula is C15H26N2O4. The van der Waals surface area contributed by atoms with Gasteiger partial charge in [0.1, 0.15) is 6.10 Å². The van der Waals surface area contributed by atoms with E-state index in [2.05, 4.69) is 38.3 Å². The topological polar surface area (TPSA) is 87.7 Å². The molecule has 6 nitrogen and oxygen atoms in total. The van der Waals surface area contributed by atoms with E-state index in [9.17, 15) is 9.59 Å². The molecule has 2 aliphatic rings. The van der Waals surface area contributed by atoms with Gasteiger partial charge in [-0.15, -0.1) is 0 Å². The third-order valence-corrected chi connectivity index (χ3v) is 4.12. The lowest BCUT2D eigenvalue weighted by molar-refractivity contribution is -0.152. The van der Waals surface area contributed by atoms with Gasteiger partial charge in [-0.25, -0.2) is 4.79 Å². The first-order chi connectivity index (χ1) is 9.58. The molecule has 0 aromatic carbocycles. The quantitative estimate of drug-likeness (QED) is 0.725. The van der Waals surface area contributed by atoms with Gasteiger partial charge >= 0.3 is 5.97 Å². The molecule has 2 rings (SSSR count). The van der Waals surface area contributed by atoms with Crippen LogP contribution in [0.1, 0.15) is 53.4 Å². The van der Waals surface area contributed by atoms with Crippen LogP contribution in [0.2, 0.25) is 0 Å². The van der Waals surface area contributed by atoms with Crippen LogP contribution in [0.25, 0.3) is 0 Å². The number of carboxylic acids is 1. The maximum absolute atomic E-state index is 12.3. The molecule has 2 heterocycles. The lowest BCUT2D eigenvalue weighted by Crippen LogP contribution is -2.62. The van der Waals surface area contributed by atoms with Crippen molar-refractivity contribution in [2.24, 2.45) is 0 Å². The zero-order valence-corrected chi connectivity index (χ0v) is 13.2. The number of carbonyl (C=O) groups excluding carboxylic acids is 1. The minimum Gasteiger partial charge on any atom is -0.479 e. The van der Waals surface area contributed by atoms with E-state index in [1.54, 1.807) is 0 Å². The standard InChI is InChI=1S/C15H26N2O4/c1-14(2)7-9(8-15(3,4)17-14)16-12(18)10-5-6-11(21-10)13(19)20/h9-11,17H,5-8H2,1-4H3,(H,16,18)(H,19,20)/t10-,11+/m0/s1. The molecule has 2 atom stereocenters. The number of carboxylic acid groups (broad SMARTS) is 1. The molecule has 1 amide bonds. The second-order valence-corrected chi connectivity index (χ2v) is 7.54. The highest BCUT2D eigenvalue weighted by Gasteiger charge is 2.40. The largest absolute Gasteiger partial charge is 0.479 e. The van der Waals surface area contributed by atoms with Crippen LogP contribution in [0.15, 0.2) is 0 Å². The average Bonchev–Trinajstić information content (AvgIpc) is 2.72. The van der Waals surface area contributed by atoms with Crippen molar-refractivity contribution in [3.63, 3.8) is 0 Å². The number of hydrogen-bond donors (Lipinski definition) is 3. The second kappa shape index (κ2) is 5.57. The summed E-state index contributed by atoms with van der Waals surface area (Å²) in [6.45, 7) is 8.50. The summed E-state index contributed by atoms with van der Waals surface area (Å²) < 4.78 is 5.30. The molecule has 0 aromatic heterocycles. The van der Waals surface area contributed by atoms with Gasteiger partial charge in [-0.3, -0.25) is 4.79 Å².